The summed E-state index contributed by atoms with van der Waals surface area (Å²) in [5, 5.41) is 9.56. The van der Waals surface area contributed by atoms with Crippen molar-refractivity contribution in [3.05, 3.63) is 53.9 Å². The summed E-state index contributed by atoms with van der Waals surface area (Å²) >= 11 is 0. The number of benzene rings is 1. The molecule has 0 fully saturated rings. The van der Waals surface area contributed by atoms with E-state index >= 15 is 0 Å². The van der Waals surface area contributed by atoms with Crippen molar-refractivity contribution in [2.75, 3.05) is 29.5 Å². The molecule has 3 heterocycles. The Balaban J connectivity index is 1.72. The molecular formula is C21H23FN8O. The molecule has 0 aliphatic heterocycles. The number of imidazole rings is 1. The maximum atomic E-state index is 14.4. The Morgan fingerprint density at radius 2 is 2.10 bits per heavy atom. The second-order valence-corrected chi connectivity index (χ2v) is 7.37. The Bertz CT molecular complexity index is 1280. The van der Waals surface area contributed by atoms with Gasteiger partial charge in [0.25, 0.3) is 5.91 Å². The molecule has 3 aromatic heterocycles. The Labute approximate surface area is 177 Å². The Kier molecular flexibility index (Phi) is 5.38. The number of nitrogens with one attached hydrogen (secondary N) is 3. The van der Waals surface area contributed by atoms with E-state index in [1.54, 1.807) is 49.1 Å². The minimum Gasteiger partial charge on any atom is -0.383 e. The van der Waals surface area contributed by atoms with Crippen molar-refractivity contribution in [3.8, 4) is 0 Å². The average molecular weight is 422 g/mol. The van der Waals surface area contributed by atoms with Crippen LogP contribution < -0.4 is 21.7 Å². The topological polar surface area (TPSA) is 122 Å². The molecule has 9 nitrogen and oxygen atoms in total. The van der Waals surface area contributed by atoms with E-state index in [0.717, 1.165) is 5.69 Å². The molecule has 0 aliphatic carbocycles. The number of hydrogen-bond acceptors (Lipinski definition) is 7. The lowest BCUT2D eigenvalue weighted by Crippen LogP contribution is -2.25. The number of pyridine rings is 1. The highest BCUT2D eigenvalue weighted by molar-refractivity contribution is 6.13. The second kappa shape index (κ2) is 8.15. The average Bonchev–Trinajstić information content (AvgIpc) is 3.12. The monoisotopic (exact) mass is 422 g/mol. The van der Waals surface area contributed by atoms with Gasteiger partial charge in [0, 0.05) is 55.4 Å². The molecule has 5 N–H and O–H groups in total. The van der Waals surface area contributed by atoms with Gasteiger partial charge in [0.05, 0.1) is 22.5 Å². The first-order valence-corrected chi connectivity index (χ1v) is 9.79. The number of fused-ring (bicyclic) bond motifs is 2. The highest BCUT2D eigenvalue weighted by Crippen LogP contribution is 2.27. The third-order valence-electron chi connectivity index (χ3n) is 4.72. The van der Waals surface area contributed by atoms with Gasteiger partial charge < -0.3 is 26.1 Å². The predicted octanol–water partition coefficient (Wildman–Crippen LogP) is 2.78. The number of nitrogens with zero attached hydrogens (tertiary/aromatic N) is 4. The Morgan fingerprint density at radius 1 is 1.29 bits per heavy atom. The van der Waals surface area contributed by atoms with E-state index in [1.807, 2.05) is 6.92 Å². The van der Waals surface area contributed by atoms with Gasteiger partial charge in [0.15, 0.2) is 11.5 Å². The number of aromatic nitrogens is 4. The normalized spacial score (nSPS) is 12.2. The number of amides is 1. The van der Waals surface area contributed by atoms with Crippen molar-refractivity contribution in [1.29, 1.82) is 0 Å². The summed E-state index contributed by atoms with van der Waals surface area (Å²) in [6, 6.07) is 4.65. The van der Waals surface area contributed by atoms with Crippen molar-refractivity contribution >= 4 is 39.8 Å². The molecule has 0 radical (unpaired) electrons. The number of rotatable bonds is 6. The van der Waals surface area contributed by atoms with Gasteiger partial charge in [-0.2, -0.15) is 0 Å². The lowest BCUT2D eigenvalue weighted by molar-refractivity contribution is 0.102. The van der Waals surface area contributed by atoms with Crippen LogP contribution in [0.3, 0.4) is 0 Å². The number of hydrogen-bond donors (Lipinski definition) is 4. The summed E-state index contributed by atoms with van der Waals surface area (Å²) in [5.74, 6) is -0.557. The molecule has 4 aromatic rings. The molecular weight excluding hydrogens is 399 g/mol. The van der Waals surface area contributed by atoms with Crippen LogP contribution in [0.1, 0.15) is 23.0 Å². The lowest BCUT2D eigenvalue weighted by Gasteiger charge is -2.14. The Morgan fingerprint density at radius 3 is 2.84 bits per heavy atom. The van der Waals surface area contributed by atoms with Crippen LogP contribution in [0.2, 0.25) is 0 Å². The number of anilines is 3. The van der Waals surface area contributed by atoms with Crippen molar-refractivity contribution in [3.63, 3.8) is 0 Å². The van der Waals surface area contributed by atoms with E-state index in [2.05, 4.69) is 30.9 Å². The molecule has 10 heteroatoms. The van der Waals surface area contributed by atoms with Crippen molar-refractivity contribution in [2.45, 2.75) is 19.9 Å². The molecule has 4 rings (SSSR count). The fraction of sp³-hybridized carbons (Fsp3) is 0.238. The third-order valence-corrected chi connectivity index (χ3v) is 4.72. The first kappa shape index (κ1) is 20.5. The summed E-state index contributed by atoms with van der Waals surface area (Å²) in [6.45, 7) is 4.22. The quantitative estimate of drug-likeness (QED) is 0.377. The molecule has 0 bridgehead atoms. The number of nitrogens with two attached hydrogens (primary N) is 1. The van der Waals surface area contributed by atoms with E-state index in [1.165, 1.54) is 6.07 Å². The van der Waals surface area contributed by atoms with Gasteiger partial charge in [-0.15, -0.1) is 0 Å². The van der Waals surface area contributed by atoms with Crippen LogP contribution in [0.4, 0.5) is 21.7 Å². The first-order valence-electron chi connectivity index (χ1n) is 9.79. The van der Waals surface area contributed by atoms with Crippen LogP contribution in [0.5, 0.6) is 0 Å². The zero-order chi connectivity index (χ0) is 22.1. The Hall–Kier alpha value is -3.79. The lowest BCUT2D eigenvalue weighted by atomic mass is 10.1. The maximum absolute atomic E-state index is 14.4. The zero-order valence-electron chi connectivity index (χ0n) is 17.4. The summed E-state index contributed by atoms with van der Waals surface area (Å²) in [7, 11) is 1.70. The minimum absolute atomic E-state index is 0.0489. The molecule has 0 saturated carbocycles. The molecule has 0 unspecified atom stereocenters. The van der Waals surface area contributed by atoms with Gasteiger partial charge in [-0.1, -0.05) is 0 Å². The van der Waals surface area contributed by atoms with Crippen molar-refractivity contribution in [1.82, 2.24) is 19.4 Å². The molecule has 0 saturated heterocycles. The standard InChI is InChI=1S/C21H23FN8O/c1-11(23)7-25-17-5-4-14(18-15(17)8-26-21(24-3)29-18)20(31)28-13-6-16(22)19-27-12(2)9-30(19)10-13/h4-6,8-11,25H,7,23H2,1-3H3,(H,28,31)(H,24,26,29)/t11-/m0/s1. The first-order chi connectivity index (χ1) is 14.9. The summed E-state index contributed by atoms with van der Waals surface area (Å²) < 4.78 is 15.9. The molecule has 160 valence electrons. The van der Waals surface area contributed by atoms with Gasteiger partial charge in [0.1, 0.15) is 0 Å². The van der Waals surface area contributed by atoms with Crippen LogP contribution in [0.15, 0.2) is 36.8 Å². The van der Waals surface area contributed by atoms with Crippen LogP contribution >= 0.6 is 0 Å². The van der Waals surface area contributed by atoms with E-state index in [4.69, 9.17) is 5.73 Å². The van der Waals surface area contributed by atoms with Gasteiger partial charge in [0.2, 0.25) is 5.95 Å². The fourth-order valence-electron chi connectivity index (χ4n) is 3.29. The molecule has 1 aromatic carbocycles. The van der Waals surface area contributed by atoms with Crippen molar-refractivity contribution in [2.24, 2.45) is 5.73 Å². The summed E-state index contributed by atoms with van der Waals surface area (Å²) in [4.78, 5) is 25.9. The zero-order valence-corrected chi connectivity index (χ0v) is 17.4. The second-order valence-electron chi connectivity index (χ2n) is 7.37. The predicted molar refractivity (Wildman–Crippen MR) is 119 cm³/mol. The highest BCUT2D eigenvalue weighted by Gasteiger charge is 2.17. The molecule has 1 atom stereocenters. The van der Waals surface area contributed by atoms with Gasteiger partial charge in [-0.25, -0.2) is 19.3 Å². The van der Waals surface area contributed by atoms with Crippen LogP contribution in [-0.2, 0) is 0 Å². The number of halogens is 1. The van der Waals surface area contributed by atoms with E-state index < -0.39 is 11.7 Å². The largest absolute Gasteiger partial charge is 0.383 e. The SMILES string of the molecule is CNc1ncc2c(NC[C@H](C)N)ccc(C(=O)Nc3cc(F)c4nc(C)cn4c3)c2n1. The van der Waals surface area contributed by atoms with E-state index in [9.17, 15) is 9.18 Å². The van der Waals surface area contributed by atoms with E-state index in [-0.39, 0.29) is 11.7 Å². The highest BCUT2D eigenvalue weighted by atomic mass is 19.1. The van der Waals surface area contributed by atoms with Crippen LogP contribution in [0.25, 0.3) is 16.6 Å². The van der Waals surface area contributed by atoms with Gasteiger partial charge in [-0.3, -0.25) is 4.79 Å². The van der Waals surface area contributed by atoms with Crippen LogP contribution in [0, 0.1) is 12.7 Å². The van der Waals surface area contributed by atoms with Crippen molar-refractivity contribution < 1.29 is 9.18 Å². The maximum Gasteiger partial charge on any atom is 0.257 e. The molecule has 1 amide bonds. The molecule has 0 aliphatic rings. The number of aryl methyl sites for hydroxylation is 1. The summed E-state index contributed by atoms with van der Waals surface area (Å²) in [6.07, 6.45) is 4.95. The minimum atomic E-state index is -0.522. The summed E-state index contributed by atoms with van der Waals surface area (Å²) in [5.41, 5.74) is 8.61. The number of carbonyl (C=O) groups is 1. The molecule has 0 spiro atoms. The van der Waals surface area contributed by atoms with E-state index in [0.29, 0.717) is 40.3 Å². The van der Waals surface area contributed by atoms with Gasteiger partial charge in [-0.05, 0) is 26.0 Å². The molecule has 31 heavy (non-hydrogen) atoms. The number of carbonyl (C=O) groups excluding carboxylic acids is 1. The third kappa shape index (κ3) is 4.10. The fourth-order valence-corrected chi connectivity index (χ4v) is 3.29. The van der Waals surface area contributed by atoms with Crippen LogP contribution in [-0.4, -0.2) is 44.9 Å². The smallest absolute Gasteiger partial charge is 0.257 e. The van der Waals surface area contributed by atoms with Gasteiger partial charge >= 0.3 is 0 Å².